The summed E-state index contributed by atoms with van der Waals surface area (Å²) in [6.07, 6.45) is 2.73. The Balaban J connectivity index is 2.07. The SMILES string of the molecule is CCCCNC(=O)N1C(=O)CCC1c1nnc(C)o1. The molecule has 1 unspecified atom stereocenters. The van der Waals surface area contributed by atoms with Gasteiger partial charge in [-0.3, -0.25) is 9.69 Å². The van der Waals surface area contributed by atoms with Gasteiger partial charge < -0.3 is 9.73 Å². The minimum absolute atomic E-state index is 0.199. The van der Waals surface area contributed by atoms with Gasteiger partial charge in [-0.15, -0.1) is 10.2 Å². The van der Waals surface area contributed by atoms with Crippen molar-refractivity contribution in [3.05, 3.63) is 11.8 Å². The van der Waals surface area contributed by atoms with Crippen LogP contribution in [0.2, 0.25) is 0 Å². The number of hydrogen-bond acceptors (Lipinski definition) is 5. The molecule has 0 radical (unpaired) electrons. The van der Waals surface area contributed by atoms with Crippen LogP contribution >= 0.6 is 0 Å². The number of aryl methyl sites for hydroxylation is 1. The summed E-state index contributed by atoms with van der Waals surface area (Å²) in [5, 5.41) is 10.4. The van der Waals surface area contributed by atoms with Gasteiger partial charge in [0.05, 0.1) is 0 Å². The fraction of sp³-hybridized carbons (Fsp3) is 0.667. The Morgan fingerprint density at radius 2 is 2.32 bits per heavy atom. The maximum absolute atomic E-state index is 12.0. The zero-order valence-corrected chi connectivity index (χ0v) is 11.2. The molecule has 1 aliphatic heterocycles. The second-order valence-electron chi connectivity index (χ2n) is 4.56. The number of carbonyl (C=O) groups excluding carboxylic acids is 2. The zero-order chi connectivity index (χ0) is 13.8. The van der Waals surface area contributed by atoms with Gasteiger partial charge in [0, 0.05) is 19.9 Å². The van der Waals surface area contributed by atoms with Crippen LogP contribution in [-0.2, 0) is 4.79 Å². The Labute approximate surface area is 111 Å². The molecule has 2 rings (SSSR count). The lowest BCUT2D eigenvalue weighted by Crippen LogP contribution is -2.42. The molecule has 1 fully saturated rings. The van der Waals surface area contributed by atoms with E-state index in [1.54, 1.807) is 6.92 Å². The molecule has 1 aromatic rings. The average molecular weight is 266 g/mol. The van der Waals surface area contributed by atoms with Crippen molar-refractivity contribution in [3.63, 3.8) is 0 Å². The summed E-state index contributed by atoms with van der Waals surface area (Å²) in [7, 11) is 0. The van der Waals surface area contributed by atoms with E-state index in [0.29, 0.717) is 31.2 Å². The molecule has 7 heteroatoms. The molecular weight excluding hydrogens is 248 g/mol. The summed E-state index contributed by atoms with van der Waals surface area (Å²) >= 11 is 0. The first-order valence-corrected chi connectivity index (χ1v) is 6.53. The Morgan fingerprint density at radius 3 is 2.95 bits per heavy atom. The smallest absolute Gasteiger partial charge is 0.324 e. The van der Waals surface area contributed by atoms with Crippen molar-refractivity contribution in [3.8, 4) is 0 Å². The van der Waals surface area contributed by atoms with Gasteiger partial charge in [-0.1, -0.05) is 13.3 Å². The lowest BCUT2D eigenvalue weighted by atomic mass is 10.2. The van der Waals surface area contributed by atoms with Crippen LogP contribution in [0.15, 0.2) is 4.42 Å². The van der Waals surface area contributed by atoms with Crippen LogP contribution in [0, 0.1) is 6.92 Å². The molecule has 3 amide bonds. The van der Waals surface area contributed by atoms with Crippen LogP contribution in [0.25, 0.3) is 0 Å². The highest BCUT2D eigenvalue weighted by atomic mass is 16.4. The Morgan fingerprint density at radius 1 is 1.53 bits per heavy atom. The van der Waals surface area contributed by atoms with Crippen molar-refractivity contribution in [2.24, 2.45) is 0 Å². The second-order valence-corrected chi connectivity index (χ2v) is 4.56. The number of hydrogen-bond donors (Lipinski definition) is 1. The largest absolute Gasteiger partial charge is 0.423 e. The third kappa shape index (κ3) is 2.91. The predicted octanol–water partition coefficient (Wildman–Crippen LogP) is 1.55. The van der Waals surface area contributed by atoms with E-state index in [9.17, 15) is 9.59 Å². The van der Waals surface area contributed by atoms with Gasteiger partial charge in [0.1, 0.15) is 6.04 Å². The second kappa shape index (κ2) is 5.81. The van der Waals surface area contributed by atoms with Gasteiger partial charge >= 0.3 is 6.03 Å². The third-order valence-corrected chi connectivity index (χ3v) is 3.06. The number of urea groups is 1. The van der Waals surface area contributed by atoms with E-state index in [-0.39, 0.29) is 11.9 Å². The summed E-state index contributed by atoms with van der Waals surface area (Å²) in [5.74, 6) is 0.560. The van der Waals surface area contributed by atoms with Crippen LogP contribution in [0.5, 0.6) is 0 Å². The van der Waals surface area contributed by atoms with Crippen molar-refractivity contribution in [2.75, 3.05) is 6.54 Å². The highest BCUT2D eigenvalue weighted by molar-refractivity contribution is 5.96. The van der Waals surface area contributed by atoms with E-state index in [0.717, 1.165) is 12.8 Å². The maximum atomic E-state index is 12.0. The fourth-order valence-electron chi connectivity index (χ4n) is 2.08. The molecule has 1 aliphatic rings. The fourth-order valence-corrected chi connectivity index (χ4v) is 2.08. The van der Waals surface area contributed by atoms with Gasteiger partial charge in [0.2, 0.25) is 17.7 Å². The maximum Gasteiger partial charge on any atom is 0.324 e. The minimum Gasteiger partial charge on any atom is -0.423 e. The standard InChI is InChI=1S/C12H18N4O3/c1-3-4-7-13-12(18)16-9(5-6-10(16)17)11-15-14-8(2)19-11/h9H,3-7H2,1-2H3,(H,13,18). The molecule has 0 bridgehead atoms. The molecule has 19 heavy (non-hydrogen) atoms. The van der Waals surface area contributed by atoms with Crippen molar-refractivity contribution in [1.82, 2.24) is 20.4 Å². The predicted molar refractivity (Wildman–Crippen MR) is 66.2 cm³/mol. The molecule has 0 aromatic carbocycles. The van der Waals surface area contributed by atoms with Gasteiger partial charge in [-0.05, 0) is 12.8 Å². The average Bonchev–Trinajstić information content (AvgIpc) is 2.95. The highest BCUT2D eigenvalue weighted by Gasteiger charge is 2.39. The Bertz CT molecular complexity index is 471. The molecule has 0 spiro atoms. The number of nitrogens with zero attached hydrogens (tertiary/aromatic N) is 3. The van der Waals surface area contributed by atoms with Crippen molar-refractivity contribution < 1.29 is 14.0 Å². The minimum atomic E-state index is -0.435. The summed E-state index contributed by atoms with van der Waals surface area (Å²) in [6, 6.07) is -0.813. The summed E-state index contributed by atoms with van der Waals surface area (Å²) in [5.41, 5.74) is 0. The molecule has 1 aromatic heterocycles. The third-order valence-electron chi connectivity index (χ3n) is 3.06. The topological polar surface area (TPSA) is 88.3 Å². The van der Waals surface area contributed by atoms with Crippen molar-refractivity contribution in [1.29, 1.82) is 0 Å². The Kier molecular flexibility index (Phi) is 4.13. The molecule has 1 atom stereocenters. The number of unbranched alkanes of at least 4 members (excludes halogenated alkanes) is 1. The Hall–Kier alpha value is -1.92. The number of amides is 3. The molecule has 1 saturated heterocycles. The van der Waals surface area contributed by atoms with Crippen LogP contribution in [0.4, 0.5) is 4.79 Å². The van der Waals surface area contributed by atoms with Gasteiger partial charge in [-0.2, -0.15) is 0 Å². The summed E-state index contributed by atoms with van der Waals surface area (Å²) in [6.45, 7) is 4.28. The van der Waals surface area contributed by atoms with E-state index >= 15 is 0 Å². The number of likely N-dealkylation sites (tertiary alicyclic amines) is 1. The molecule has 104 valence electrons. The van der Waals surface area contributed by atoms with Gasteiger partial charge in [0.25, 0.3) is 0 Å². The van der Waals surface area contributed by atoms with E-state index in [2.05, 4.69) is 15.5 Å². The van der Waals surface area contributed by atoms with Crippen LogP contribution < -0.4 is 5.32 Å². The van der Waals surface area contributed by atoms with Crippen LogP contribution in [0.3, 0.4) is 0 Å². The van der Waals surface area contributed by atoms with Crippen molar-refractivity contribution in [2.45, 2.75) is 45.6 Å². The molecular formula is C12H18N4O3. The first-order chi connectivity index (χ1) is 9.13. The quantitative estimate of drug-likeness (QED) is 0.835. The molecule has 0 aliphatic carbocycles. The first-order valence-electron chi connectivity index (χ1n) is 6.53. The summed E-state index contributed by atoms with van der Waals surface area (Å²) < 4.78 is 5.33. The van der Waals surface area contributed by atoms with Crippen LogP contribution in [-0.4, -0.2) is 33.6 Å². The molecule has 1 N–H and O–H groups in total. The molecule has 0 saturated carbocycles. The zero-order valence-electron chi connectivity index (χ0n) is 11.2. The number of imide groups is 1. The monoisotopic (exact) mass is 266 g/mol. The van der Waals surface area contributed by atoms with E-state index < -0.39 is 6.04 Å². The van der Waals surface area contributed by atoms with E-state index in [1.807, 2.05) is 6.92 Å². The van der Waals surface area contributed by atoms with Gasteiger partial charge in [0.15, 0.2) is 0 Å². The lowest BCUT2D eigenvalue weighted by Gasteiger charge is -2.20. The summed E-state index contributed by atoms with van der Waals surface area (Å²) in [4.78, 5) is 25.0. The van der Waals surface area contributed by atoms with Gasteiger partial charge in [-0.25, -0.2) is 4.79 Å². The molecule has 7 nitrogen and oxygen atoms in total. The first kappa shape index (κ1) is 13.5. The molecule has 2 heterocycles. The van der Waals surface area contributed by atoms with E-state index in [4.69, 9.17) is 4.42 Å². The van der Waals surface area contributed by atoms with Crippen molar-refractivity contribution >= 4 is 11.9 Å². The number of rotatable bonds is 4. The van der Waals surface area contributed by atoms with E-state index in [1.165, 1.54) is 4.90 Å². The number of aromatic nitrogens is 2. The number of carbonyl (C=O) groups is 2. The highest BCUT2D eigenvalue weighted by Crippen LogP contribution is 2.31. The number of nitrogens with one attached hydrogen (secondary N) is 1. The normalized spacial score (nSPS) is 18.9. The van der Waals surface area contributed by atoms with Crippen LogP contribution in [0.1, 0.15) is 50.4 Å². The lowest BCUT2D eigenvalue weighted by molar-refractivity contribution is -0.126.